The first-order chi connectivity index (χ1) is 10.6. The fourth-order valence-electron chi connectivity index (χ4n) is 2.31. The molecule has 0 aliphatic rings. The van der Waals surface area contributed by atoms with Gasteiger partial charge in [0.05, 0.1) is 6.42 Å². The van der Waals surface area contributed by atoms with Crippen LogP contribution in [-0.4, -0.2) is 11.1 Å². The highest BCUT2D eigenvalue weighted by atomic mass is 35.5. The average Bonchev–Trinajstić information content (AvgIpc) is 2.91. The van der Waals surface area contributed by atoms with Gasteiger partial charge in [0, 0.05) is 16.0 Å². The summed E-state index contributed by atoms with van der Waals surface area (Å²) in [7, 11) is 0. The molecular weight excluding hydrogens is 302 g/mol. The lowest BCUT2D eigenvalue weighted by Crippen LogP contribution is -2.12. The van der Waals surface area contributed by atoms with Gasteiger partial charge in [0.1, 0.15) is 11.8 Å². The first-order valence-corrected chi connectivity index (χ1v) is 7.30. The second-order valence-corrected chi connectivity index (χ2v) is 5.36. The Kier molecular flexibility index (Phi) is 4.11. The van der Waals surface area contributed by atoms with Gasteiger partial charge in [-0.25, -0.2) is 0 Å². The smallest absolute Gasteiger partial charge is 0.312 e. The van der Waals surface area contributed by atoms with Crippen molar-refractivity contribution in [1.29, 1.82) is 0 Å². The zero-order valence-electron chi connectivity index (χ0n) is 12.0. The van der Waals surface area contributed by atoms with Crippen molar-refractivity contribution >= 4 is 28.5 Å². The third kappa shape index (κ3) is 2.97. The molecule has 2 aromatic carbocycles. The second kappa shape index (κ2) is 6.20. The summed E-state index contributed by atoms with van der Waals surface area (Å²) in [5.41, 5.74) is 2.01. The van der Waals surface area contributed by atoms with Crippen molar-refractivity contribution in [1.82, 2.24) is 5.16 Å². The molecule has 0 bridgehead atoms. The first kappa shape index (κ1) is 14.6. The number of nitrogens with zero attached hydrogens (tertiary/aromatic N) is 1. The van der Waals surface area contributed by atoms with E-state index in [1.165, 1.54) is 0 Å². The van der Waals surface area contributed by atoms with E-state index >= 15 is 0 Å². The zero-order chi connectivity index (χ0) is 15.5. The van der Waals surface area contributed by atoms with E-state index < -0.39 is 6.10 Å². The Bertz CT molecular complexity index is 812. The van der Waals surface area contributed by atoms with Gasteiger partial charge in [0.15, 0.2) is 5.58 Å². The predicted molar refractivity (Wildman–Crippen MR) is 83.7 cm³/mol. The lowest BCUT2D eigenvalue weighted by atomic mass is 10.1. The zero-order valence-corrected chi connectivity index (χ0v) is 12.7. The molecule has 1 heterocycles. The molecule has 0 aliphatic heterocycles. The SMILES string of the molecule is C[C@@H](OC(=O)Cc1noc2ccccc12)c1ccccc1Cl. The Morgan fingerprint density at radius 2 is 1.95 bits per heavy atom. The van der Waals surface area contributed by atoms with Gasteiger partial charge in [-0.15, -0.1) is 0 Å². The molecule has 3 aromatic rings. The van der Waals surface area contributed by atoms with E-state index in [1.807, 2.05) is 42.5 Å². The quantitative estimate of drug-likeness (QED) is 0.672. The fraction of sp³-hybridized carbons (Fsp3) is 0.176. The number of fused-ring (bicyclic) bond motifs is 1. The lowest BCUT2D eigenvalue weighted by molar-refractivity contribution is -0.147. The van der Waals surface area contributed by atoms with E-state index in [0.717, 1.165) is 10.9 Å². The lowest BCUT2D eigenvalue weighted by Gasteiger charge is -2.14. The Morgan fingerprint density at radius 1 is 1.23 bits per heavy atom. The van der Waals surface area contributed by atoms with E-state index in [0.29, 0.717) is 16.3 Å². The van der Waals surface area contributed by atoms with Crippen LogP contribution in [0.3, 0.4) is 0 Å². The third-order valence-electron chi connectivity index (χ3n) is 3.42. The van der Waals surface area contributed by atoms with Crippen molar-refractivity contribution in [3.63, 3.8) is 0 Å². The van der Waals surface area contributed by atoms with Gasteiger partial charge in [-0.3, -0.25) is 4.79 Å². The minimum Gasteiger partial charge on any atom is -0.457 e. The summed E-state index contributed by atoms with van der Waals surface area (Å²) in [6.07, 6.45) is -0.356. The molecule has 0 unspecified atom stereocenters. The molecule has 0 saturated carbocycles. The Morgan fingerprint density at radius 3 is 2.77 bits per heavy atom. The Labute approximate surface area is 132 Å². The molecule has 112 valence electrons. The van der Waals surface area contributed by atoms with Gasteiger partial charge >= 0.3 is 5.97 Å². The summed E-state index contributed by atoms with van der Waals surface area (Å²) >= 11 is 6.10. The molecule has 3 rings (SSSR count). The molecular formula is C17H14ClNO3. The van der Waals surface area contributed by atoms with Crippen molar-refractivity contribution in [3.8, 4) is 0 Å². The molecule has 22 heavy (non-hydrogen) atoms. The molecule has 0 aliphatic carbocycles. The van der Waals surface area contributed by atoms with Crippen LogP contribution in [0.1, 0.15) is 24.3 Å². The minimum absolute atomic E-state index is 0.0613. The van der Waals surface area contributed by atoms with Gasteiger partial charge in [0.2, 0.25) is 0 Å². The monoisotopic (exact) mass is 315 g/mol. The largest absolute Gasteiger partial charge is 0.457 e. The number of esters is 1. The summed E-state index contributed by atoms with van der Waals surface area (Å²) in [6.45, 7) is 1.79. The van der Waals surface area contributed by atoms with Gasteiger partial charge in [-0.1, -0.05) is 47.1 Å². The molecule has 0 amide bonds. The van der Waals surface area contributed by atoms with Gasteiger partial charge in [-0.05, 0) is 25.1 Å². The fourth-order valence-corrected chi connectivity index (χ4v) is 2.60. The van der Waals surface area contributed by atoms with E-state index in [4.69, 9.17) is 20.9 Å². The predicted octanol–water partition coefficient (Wildman–Crippen LogP) is 4.33. The molecule has 5 heteroatoms. The number of rotatable bonds is 4. The van der Waals surface area contributed by atoms with Crippen LogP contribution in [0.25, 0.3) is 11.0 Å². The maximum absolute atomic E-state index is 12.1. The number of aromatic nitrogens is 1. The standard InChI is InChI=1S/C17H14ClNO3/c1-11(12-6-2-4-8-14(12)18)21-17(20)10-15-13-7-3-5-9-16(13)22-19-15/h2-9,11H,10H2,1H3/t11-/m1/s1. The van der Waals surface area contributed by atoms with E-state index in [-0.39, 0.29) is 12.4 Å². The van der Waals surface area contributed by atoms with Gasteiger partial charge < -0.3 is 9.26 Å². The van der Waals surface area contributed by atoms with Crippen LogP contribution in [0.2, 0.25) is 5.02 Å². The number of para-hydroxylation sites is 1. The second-order valence-electron chi connectivity index (χ2n) is 4.96. The first-order valence-electron chi connectivity index (χ1n) is 6.92. The summed E-state index contributed by atoms with van der Waals surface area (Å²) < 4.78 is 10.6. The van der Waals surface area contributed by atoms with E-state index in [1.54, 1.807) is 13.0 Å². The Hall–Kier alpha value is -2.33. The van der Waals surface area contributed by atoms with E-state index in [9.17, 15) is 4.79 Å². The van der Waals surface area contributed by atoms with Gasteiger partial charge in [0.25, 0.3) is 0 Å². The molecule has 4 nitrogen and oxygen atoms in total. The van der Waals surface area contributed by atoms with Crippen LogP contribution >= 0.6 is 11.6 Å². The summed E-state index contributed by atoms with van der Waals surface area (Å²) in [4.78, 5) is 12.1. The van der Waals surface area contributed by atoms with Crippen molar-refractivity contribution in [3.05, 3.63) is 64.8 Å². The van der Waals surface area contributed by atoms with E-state index in [2.05, 4.69) is 5.16 Å². The molecule has 1 atom stereocenters. The molecule has 1 aromatic heterocycles. The summed E-state index contributed by atoms with van der Waals surface area (Å²) in [5, 5.41) is 5.33. The van der Waals surface area contributed by atoms with Crippen LogP contribution < -0.4 is 0 Å². The highest BCUT2D eigenvalue weighted by Gasteiger charge is 2.17. The Balaban J connectivity index is 1.71. The molecule has 0 N–H and O–H groups in total. The number of halogens is 1. The molecule has 0 spiro atoms. The third-order valence-corrected chi connectivity index (χ3v) is 3.76. The van der Waals surface area contributed by atoms with Gasteiger partial charge in [-0.2, -0.15) is 0 Å². The maximum Gasteiger partial charge on any atom is 0.312 e. The number of hydrogen-bond acceptors (Lipinski definition) is 4. The number of ether oxygens (including phenoxy) is 1. The van der Waals surface area contributed by atoms with Crippen LogP contribution in [0.5, 0.6) is 0 Å². The maximum atomic E-state index is 12.1. The minimum atomic E-state index is -0.417. The highest BCUT2D eigenvalue weighted by Crippen LogP contribution is 2.26. The average molecular weight is 316 g/mol. The molecule has 0 fully saturated rings. The molecule has 0 radical (unpaired) electrons. The number of hydrogen-bond donors (Lipinski definition) is 0. The number of carbonyl (C=O) groups excluding carboxylic acids is 1. The summed E-state index contributed by atoms with van der Waals surface area (Å²) in [6, 6.07) is 14.7. The number of carbonyl (C=O) groups is 1. The van der Waals surface area contributed by atoms with Crippen LogP contribution in [0.4, 0.5) is 0 Å². The van der Waals surface area contributed by atoms with Crippen LogP contribution in [-0.2, 0) is 16.0 Å². The highest BCUT2D eigenvalue weighted by molar-refractivity contribution is 6.31. The normalized spacial score (nSPS) is 12.3. The van der Waals surface area contributed by atoms with Crippen LogP contribution in [0, 0.1) is 0 Å². The van der Waals surface area contributed by atoms with Crippen molar-refractivity contribution in [2.45, 2.75) is 19.4 Å². The van der Waals surface area contributed by atoms with Crippen molar-refractivity contribution in [2.75, 3.05) is 0 Å². The summed E-state index contributed by atoms with van der Waals surface area (Å²) in [5.74, 6) is -0.369. The van der Waals surface area contributed by atoms with Crippen molar-refractivity contribution < 1.29 is 14.1 Å². The van der Waals surface area contributed by atoms with Crippen LogP contribution in [0.15, 0.2) is 53.1 Å². The molecule has 0 saturated heterocycles. The number of benzene rings is 2. The van der Waals surface area contributed by atoms with Crippen molar-refractivity contribution in [2.24, 2.45) is 0 Å². The topological polar surface area (TPSA) is 52.3 Å².